The molecule has 1 aliphatic carbocycles. The number of anilines is 1. The molecule has 1 fully saturated rings. The Morgan fingerprint density at radius 3 is 2.89 bits per heavy atom. The highest BCUT2D eigenvalue weighted by atomic mass is 79.9. The van der Waals surface area contributed by atoms with Crippen molar-refractivity contribution in [1.82, 2.24) is 10.3 Å². The number of fused-ring (bicyclic) bond motifs is 1. The lowest BCUT2D eigenvalue weighted by Gasteiger charge is -2.38. The number of nitrogens with zero attached hydrogens (tertiary/aromatic N) is 1. The second-order valence-corrected chi connectivity index (χ2v) is 6.17. The molecular weight excluding hydrogens is 310 g/mol. The maximum Gasteiger partial charge on any atom is 0.405 e. The van der Waals surface area contributed by atoms with Crippen LogP contribution in [0.25, 0.3) is 0 Å². The van der Waals surface area contributed by atoms with Gasteiger partial charge in [0.2, 0.25) is 0 Å². The number of carboxylic acid groups (broad SMARTS) is 1. The minimum Gasteiger partial charge on any atom is -0.465 e. The summed E-state index contributed by atoms with van der Waals surface area (Å²) < 4.78 is 0.724. The fourth-order valence-electron chi connectivity index (χ4n) is 2.91. The number of rotatable bonds is 2. The average Bonchev–Trinajstić information content (AvgIpc) is 3.16. The van der Waals surface area contributed by atoms with E-state index in [4.69, 9.17) is 5.11 Å². The Kier molecular flexibility index (Phi) is 3.12. The standard InChI is InChI=1S/C13H16BrN3O2/c1-6-10(7-2-3-7)15-8-4-5-9(14)16-12(8)11(6)17-13(18)19/h4-7,10-11,15,17H,2-3H2,1H3,(H,18,19)/t6-,10+,11-/m1/s1. The summed E-state index contributed by atoms with van der Waals surface area (Å²) in [6.45, 7) is 2.09. The number of amides is 1. The molecule has 19 heavy (non-hydrogen) atoms. The van der Waals surface area contributed by atoms with Crippen LogP contribution in [0.2, 0.25) is 0 Å². The Bertz CT molecular complexity index is 519. The maximum absolute atomic E-state index is 11.0. The highest BCUT2D eigenvalue weighted by Crippen LogP contribution is 2.45. The van der Waals surface area contributed by atoms with Gasteiger partial charge in [0.1, 0.15) is 4.60 Å². The lowest BCUT2D eigenvalue weighted by atomic mass is 9.84. The summed E-state index contributed by atoms with van der Waals surface area (Å²) >= 11 is 3.35. The predicted molar refractivity (Wildman–Crippen MR) is 75.1 cm³/mol. The fourth-order valence-corrected chi connectivity index (χ4v) is 3.24. The number of hydrogen-bond donors (Lipinski definition) is 3. The summed E-state index contributed by atoms with van der Waals surface area (Å²) in [5.41, 5.74) is 1.72. The fraction of sp³-hybridized carbons (Fsp3) is 0.538. The molecule has 1 saturated carbocycles. The molecule has 2 heterocycles. The van der Waals surface area contributed by atoms with Crippen molar-refractivity contribution in [2.45, 2.75) is 31.8 Å². The van der Waals surface area contributed by atoms with Crippen molar-refractivity contribution in [2.75, 3.05) is 5.32 Å². The van der Waals surface area contributed by atoms with Gasteiger partial charge in [0.15, 0.2) is 0 Å². The summed E-state index contributed by atoms with van der Waals surface area (Å²) in [5.74, 6) is 0.850. The van der Waals surface area contributed by atoms with E-state index in [2.05, 4.69) is 38.5 Å². The highest BCUT2D eigenvalue weighted by molar-refractivity contribution is 9.10. The molecule has 3 N–H and O–H groups in total. The van der Waals surface area contributed by atoms with Crippen molar-refractivity contribution < 1.29 is 9.90 Å². The van der Waals surface area contributed by atoms with Gasteiger partial charge in [0.25, 0.3) is 0 Å². The summed E-state index contributed by atoms with van der Waals surface area (Å²) in [4.78, 5) is 15.5. The second kappa shape index (κ2) is 4.67. The van der Waals surface area contributed by atoms with Crippen LogP contribution in [-0.4, -0.2) is 22.2 Å². The van der Waals surface area contributed by atoms with Gasteiger partial charge < -0.3 is 15.7 Å². The third-order valence-corrected chi connectivity index (χ3v) is 4.45. The molecule has 1 aromatic heterocycles. The minimum absolute atomic E-state index is 0.192. The summed E-state index contributed by atoms with van der Waals surface area (Å²) in [6, 6.07) is 3.91. The highest BCUT2D eigenvalue weighted by Gasteiger charge is 2.43. The van der Waals surface area contributed by atoms with Gasteiger partial charge in [0, 0.05) is 12.0 Å². The molecule has 0 saturated heterocycles. The van der Waals surface area contributed by atoms with Crippen LogP contribution in [0.15, 0.2) is 16.7 Å². The van der Waals surface area contributed by atoms with E-state index in [1.807, 2.05) is 12.1 Å². The van der Waals surface area contributed by atoms with Gasteiger partial charge in [-0.3, -0.25) is 0 Å². The summed E-state index contributed by atoms with van der Waals surface area (Å²) in [7, 11) is 0. The van der Waals surface area contributed by atoms with E-state index >= 15 is 0 Å². The van der Waals surface area contributed by atoms with Crippen LogP contribution in [0, 0.1) is 11.8 Å². The van der Waals surface area contributed by atoms with Crippen molar-refractivity contribution in [3.05, 3.63) is 22.4 Å². The Hall–Kier alpha value is -1.30. The largest absolute Gasteiger partial charge is 0.465 e. The quantitative estimate of drug-likeness (QED) is 0.731. The van der Waals surface area contributed by atoms with Gasteiger partial charge in [-0.15, -0.1) is 0 Å². The number of hydrogen-bond acceptors (Lipinski definition) is 3. The van der Waals surface area contributed by atoms with Gasteiger partial charge >= 0.3 is 6.09 Å². The predicted octanol–water partition coefficient (Wildman–Crippen LogP) is 2.99. The first-order chi connectivity index (χ1) is 9.06. The molecule has 6 heteroatoms. The van der Waals surface area contributed by atoms with Gasteiger partial charge in [-0.1, -0.05) is 6.92 Å². The molecule has 0 unspecified atom stereocenters. The SMILES string of the molecule is C[C@@H]1[C@@H](C2CC2)Nc2ccc(Br)nc2[C@@H]1NC(=O)O. The van der Waals surface area contributed by atoms with Crippen LogP contribution in [0.3, 0.4) is 0 Å². The first kappa shape index (κ1) is 12.7. The van der Waals surface area contributed by atoms with Gasteiger partial charge in [-0.2, -0.15) is 0 Å². The van der Waals surface area contributed by atoms with Crippen LogP contribution in [0.1, 0.15) is 31.5 Å². The Balaban J connectivity index is 1.98. The Morgan fingerprint density at radius 1 is 1.53 bits per heavy atom. The van der Waals surface area contributed by atoms with Crippen molar-refractivity contribution in [2.24, 2.45) is 11.8 Å². The molecule has 1 aromatic rings. The first-order valence-corrected chi connectivity index (χ1v) is 7.28. The number of aromatic nitrogens is 1. The second-order valence-electron chi connectivity index (χ2n) is 5.36. The molecule has 0 bridgehead atoms. The smallest absolute Gasteiger partial charge is 0.405 e. The Morgan fingerprint density at radius 2 is 2.26 bits per heavy atom. The summed E-state index contributed by atoms with van der Waals surface area (Å²) in [5, 5.41) is 15.2. The van der Waals surface area contributed by atoms with Crippen LogP contribution in [0.4, 0.5) is 10.5 Å². The van der Waals surface area contributed by atoms with E-state index in [9.17, 15) is 4.79 Å². The number of pyridine rings is 1. The zero-order valence-corrected chi connectivity index (χ0v) is 12.1. The molecule has 102 valence electrons. The number of nitrogens with one attached hydrogen (secondary N) is 2. The molecule has 1 aliphatic heterocycles. The third-order valence-electron chi connectivity index (χ3n) is 4.01. The van der Waals surface area contributed by atoms with E-state index in [1.165, 1.54) is 12.8 Å². The van der Waals surface area contributed by atoms with Crippen LogP contribution >= 0.6 is 15.9 Å². The average molecular weight is 326 g/mol. The first-order valence-electron chi connectivity index (χ1n) is 6.48. The Labute approximate surface area is 119 Å². The third kappa shape index (κ3) is 2.41. The zero-order chi connectivity index (χ0) is 13.6. The molecule has 0 radical (unpaired) electrons. The van der Waals surface area contributed by atoms with Crippen molar-refractivity contribution >= 4 is 27.7 Å². The van der Waals surface area contributed by atoms with E-state index < -0.39 is 6.09 Å². The molecular formula is C13H16BrN3O2. The topological polar surface area (TPSA) is 74.2 Å². The molecule has 5 nitrogen and oxygen atoms in total. The van der Waals surface area contributed by atoms with E-state index in [1.54, 1.807) is 0 Å². The van der Waals surface area contributed by atoms with Crippen LogP contribution in [0.5, 0.6) is 0 Å². The molecule has 0 spiro atoms. The van der Waals surface area contributed by atoms with Crippen LogP contribution in [-0.2, 0) is 0 Å². The molecule has 1 amide bonds. The van der Waals surface area contributed by atoms with E-state index in [-0.39, 0.29) is 12.0 Å². The van der Waals surface area contributed by atoms with E-state index in [0.717, 1.165) is 16.0 Å². The molecule has 2 aliphatic rings. The lowest BCUT2D eigenvalue weighted by Crippen LogP contribution is -2.45. The number of carbonyl (C=O) groups is 1. The molecule has 3 atom stereocenters. The lowest BCUT2D eigenvalue weighted by molar-refractivity contribution is 0.181. The maximum atomic E-state index is 11.0. The monoisotopic (exact) mass is 325 g/mol. The van der Waals surface area contributed by atoms with Crippen molar-refractivity contribution in [3.8, 4) is 0 Å². The van der Waals surface area contributed by atoms with E-state index in [0.29, 0.717) is 12.0 Å². The zero-order valence-electron chi connectivity index (χ0n) is 10.6. The van der Waals surface area contributed by atoms with Crippen LogP contribution < -0.4 is 10.6 Å². The van der Waals surface area contributed by atoms with Gasteiger partial charge in [0.05, 0.1) is 17.4 Å². The minimum atomic E-state index is -0.999. The van der Waals surface area contributed by atoms with Crippen molar-refractivity contribution in [1.29, 1.82) is 0 Å². The number of halogens is 1. The normalized spacial score (nSPS) is 29.3. The molecule has 3 rings (SSSR count). The van der Waals surface area contributed by atoms with Gasteiger partial charge in [-0.25, -0.2) is 9.78 Å². The van der Waals surface area contributed by atoms with Gasteiger partial charge in [-0.05, 0) is 46.8 Å². The van der Waals surface area contributed by atoms with Crippen molar-refractivity contribution in [3.63, 3.8) is 0 Å². The molecule has 0 aromatic carbocycles. The summed E-state index contributed by atoms with van der Waals surface area (Å²) in [6.07, 6.45) is 1.45.